The molecule has 9 heteroatoms. The Hall–Kier alpha value is -2.64. The maximum absolute atomic E-state index is 13.8. The minimum Gasteiger partial charge on any atom is -0.352 e. The lowest BCUT2D eigenvalue weighted by Crippen LogP contribution is -2.52. The van der Waals surface area contributed by atoms with E-state index in [4.69, 9.17) is 33.2 Å². The minimum atomic E-state index is -0.439. The van der Waals surface area contributed by atoms with Crippen LogP contribution in [0, 0.1) is 5.82 Å². The topological polar surface area (TPSA) is 48.4 Å². The molecular weight excluding hydrogens is 486 g/mol. The van der Waals surface area contributed by atoms with Crippen molar-refractivity contribution in [3.05, 3.63) is 58.5 Å². The van der Waals surface area contributed by atoms with Gasteiger partial charge in [0, 0.05) is 56.1 Å². The molecule has 3 aromatic rings. The molecular formula is C26H31Cl2FN6. The third kappa shape index (κ3) is 5.16. The molecule has 2 aromatic heterocycles. The first-order valence-electron chi connectivity index (χ1n) is 11.6. The van der Waals surface area contributed by atoms with Crippen molar-refractivity contribution in [2.75, 3.05) is 40.9 Å². The van der Waals surface area contributed by atoms with Crippen LogP contribution in [0.15, 0.2) is 42.6 Å². The van der Waals surface area contributed by atoms with Gasteiger partial charge in [0.1, 0.15) is 17.5 Å². The van der Waals surface area contributed by atoms with E-state index in [1.54, 1.807) is 18.3 Å². The summed E-state index contributed by atoms with van der Waals surface area (Å²) in [7, 11) is 0. The van der Waals surface area contributed by atoms with E-state index in [0.717, 1.165) is 61.9 Å². The quantitative estimate of drug-likeness (QED) is 0.404. The van der Waals surface area contributed by atoms with Crippen LogP contribution in [-0.4, -0.2) is 53.2 Å². The Labute approximate surface area is 216 Å². The summed E-state index contributed by atoms with van der Waals surface area (Å²) in [5, 5.41) is 0.744. The second kappa shape index (κ2) is 10.5. The zero-order valence-corrected chi connectivity index (χ0v) is 20.8. The van der Waals surface area contributed by atoms with Gasteiger partial charge in [0.15, 0.2) is 0 Å². The second-order valence-corrected chi connectivity index (χ2v) is 9.84. The van der Waals surface area contributed by atoms with Crippen molar-refractivity contribution in [2.24, 2.45) is 0 Å². The molecule has 0 saturated carbocycles. The number of hydrogen-bond donors (Lipinski definition) is 0. The molecule has 0 N–H and O–H groups in total. The van der Waals surface area contributed by atoms with Crippen LogP contribution in [0.2, 0.25) is 10.0 Å². The summed E-state index contributed by atoms with van der Waals surface area (Å²) in [6.07, 6.45) is 4.00. The van der Waals surface area contributed by atoms with E-state index < -0.39 is 5.82 Å². The Morgan fingerprint density at radius 1 is 0.943 bits per heavy atom. The molecule has 0 radical (unpaired) electrons. The molecule has 186 valence electrons. The largest absolute Gasteiger partial charge is 0.352 e. The number of nitrogens with zero attached hydrogens (tertiary/aromatic N) is 6. The molecule has 0 unspecified atom stereocenters. The van der Waals surface area contributed by atoms with Crippen molar-refractivity contribution in [3.8, 4) is 11.3 Å². The van der Waals surface area contributed by atoms with Gasteiger partial charge in [-0.1, -0.05) is 30.6 Å². The van der Waals surface area contributed by atoms with Crippen molar-refractivity contribution in [1.29, 1.82) is 0 Å². The summed E-state index contributed by atoms with van der Waals surface area (Å²) >= 11 is 12.5. The van der Waals surface area contributed by atoms with Gasteiger partial charge in [-0.15, -0.1) is 0 Å². The van der Waals surface area contributed by atoms with Crippen LogP contribution in [0.1, 0.15) is 34.1 Å². The smallest absolute Gasteiger partial charge is 0.228 e. The predicted molar refractivity (Wildman–Crippen MR) is 143 cm³/mol. The van der Waals surface area contributed by atoms with Crippen molar-refractivity contribution in [1.82, 2.24) is 15.0 Å². The van der Waals surface area contributed by atoms with Crippen molar-refractivity contribution in [3.63, 3.8) is 0 Å². The zero-order valence-electron chi connectivity index (χ0n) is 19.3. The monoisotopic (exact) mass is 516 g/mol. The molecule has 0 aliphatic carbocycles. The van der Waals surface area contributed by atoms with Gasteiger partial charge in [0.25, 0.3) is 0 Å². The highest BCUT2D eigenvalue weighted by atomic mass is 35.5. The first kappa shape index (κ1) is 25.5. The number of piperazine rings is 1. The third-order valence-corrected chi connectivity index (χ3v) is 7.27. The van der Waals surface area contributed by atoms with Gasteiger partial charge in [-0.3, -0.25) is 0 Å². The van der Waals surface area contributed by atoms with Crippen LogP contribution in [0.4, 0.5) is 22.0 Å². The van der Waals surface area contributed by atoms with Gasteiger partial charge in [-0.2, -0.15) is 4.98 Å². The van der Waals surface area contributed by atoms with Crippen LogP contribution in [0.25, 0.3) is 11.3 Å². The highest BCUT2D eigenvalue weighted by Gasteiger charge is 2.29. The van der Waals surface area contributed by atoms with Gasteiger partial charge < -0.3 is 14.7 Å². The maximum Gasteiger partial charge on any atom is 0.228 e. The molecule has 35 heavy (non-hydrogen) atoms. The second-order valence-electron chi connectivity index (χ2n) is 9.02. The van der Waals surface area contributed by atoms with E-state index >= 15 is 0 Å². The van der Waals surface area contributed by atoms with Crippen molar-refractivity contribution < 1.29 is 4.39 Å². The van der Waals surface area contributed by atoms with Crippen molar-refractivity contribution in [2.45, 2.75) is 46.2 Å². The highest BCUT2D eigenvalue weighted by molar-refractivity contribution is 6.33. The Morgan fingerprint density at radius 3 is 2.46 bits per heavy atom. The summed E-state index contributed by atoms with van der Waals surface area (Å²) in [4.78, 5) is 21.1. The highest BCUT2D eigenvalue weighted by Crippen LogP contribution is 2.32. The number of halogens is 3. The van der Waals surface area contributed by atoms with E-state index in [1.165, 1.54) is 6.07 Å². The lowest BCUT2D eigenvalue weighted by atomic mass is 10.1. The fourth-order valence-corrected chi connectivity index (χ4v) is 5.25. The zero-order chi connectivity index (χ0) is 23.8. The van der Waals surface area contributed by atoms with Crippen LogP contribution in [0.5, 0.6) is 0 Å². The molecule has 6 nitrogen and oxygen atoms in total. The molecule has 2 saturated heterocycles. The van der Waals surface area contributed by atoms with Crippen LogP contribution in [-0.2, 0) is 0 Å². The Balaban J connectivity index is 0.00000289. The van der Waals surface area contributed by atoms with Gasteiger partial charge in [-0.25, -0.2) is 14.4 Å². The van der Waals surface area contributed by atoms with E-state index in [0.29, 0.717) is 17.0 Å². The minimum absolute atomic E-state index is 0. The van der Waals surface area contributed by atoms with Gasteiger partial charge in [0.2, 0.25) is 5.95 Å². The van der Waals surface area contributed by atoms with E-state index in [2.05, 4.69) is 33.5 Å². The van der Waals surface area contributed by atoms with E-state index in [1.807, 2.05) is 18.2 Å². The number of rotatable bonds is 4. The molecule has 5 rings (SSSR count). The molecule has 1 aromatic carbocycles. The first-order chi connectivity index (χ1) is 16.4. The van der Waals surface area contributed by atoms with Crippen molar-refractivity contribution >= 4 is 40.8 Å². The number of hydrogen-bond acceptors (Lipinski definition) is 6. The number of pyridine rings is 1. The summed E-state index contributed by atoms with van der Waals surface area (Å²) in [5.41, 5.74) is 1.51. The molecule has 2 fully saturated rings. The van der Waals surface area contributed by atoms with Crippen LogP contribution >= 0.6 is 23.2 Å². The molecule has 2 aliphatic heterocycles. The van der Waals surface area contributed by atoms with Gasteiger partial charge in [0.05, 0.1) is 15.7 Å². The fourth-order valence-electron chi connectivity index (χ4n) is 4.83. The molecule has 0 amide bonds. The number of aromatic nitrogens is 3. The summed E-state index contributed by atoms with van der Waals surface area (Å²) in [6.45, 7) is 7.62. The van der Waals surface area contributed by atoms with E-state index in [-0.39, 0.29) is 18.5 Å². The lowest BCUT2D eigenvalue weighted by Gasteiger charge is -2.41. The predicted octanol–water partition coefficient (Wildman–Crippen LogP) is 6.32. The standard InChI is InChI=1S/C25H27Cl2FN6.CH4/c1-16-5-4-10-34(16)25-30-22(18-7-8-21(28)20(27)13-18)14-23(31-25)33-12-11-32(15-17(33)2)24-19(26)6-3-9-29-24;/h3,6-9,13-14,16-17H,4-5,10-12,15H2,1-2H3;1H4/t16-,17+;/m0./s1. The molecule has 4 heterocycles. The van der Waals surface area contributed by atoms with Gasteiger partial charge in [-0.05, 0) is 57.0 Å². The van der Waals surface area contributed by atoms with Crippen LogP contribution < -0.4 is 14.7 Å². The fraction of sp³-hybridized carbons (Fsp3) is 0.423. The normalized spacial score (nSPS) is 20.2. The molecule has 0 bridgehead atoms. The van der Waals surface area contributed by atoms with Gasteiger partial charge >= 0.3 is 0 Å². The maximum atomic E-state index is 13.8. The molecule has 0 spiro atoms. The Morgan fingerprint density at radius 2 is 1.77 bits per heavy atom. The van der Waals surface area contributed by atoms with E-state index in [9.17, 15) is 4.39 Å². The Kier molecular flexibility index (Phi) is 7.67. The average molecular weight is 517 g/mol. The SMILES string of the molecule is C.C[C@@H]1CN(c2ncccc2Cl)CCN1c1cc(-c2ccc(F)c(Cl)c2)nc(N2CCC[C@@H]2C)n1. The summed E-state index contributed by atoms with van der Waals surface area (Å²) < 4.78 is 13.8. The lowest BCUT2D eigenvalue weighted by molar-refractivity contribution is 0.542. The average Bonchev–Trinajstić information content (AvgIpc) is 3.26. The summed E-state index contributed by atoms with van der Waals surface area (Å²) in [6, 6.07) is 11.0. The number of benzene rings is 1. The Bertz CT molecular complexity index is 1190. The number of anilines is 3. The summed E-state index contributed by atoms with van der Waals surface area (Å²) in [5.74, 6) is 1.94. The third-order valence-electron chi connectivity index (χ3n) is 6.69. The molecule has 2 aliphatic rings. The van der Waals surface area contributed by atoms with Crippen LogP contribution in [0.3, 0.4) is 0 Å². The first-order valence-corrected chi connectivity index (χ1v) is 12.4. The molecule has 2 atom stereocenters.